The highest BCUT2D eigenvalue weighted by Crippen LogP contribution is 2.40. The fraction of sp³-hybridized carbons (Fsp3) is 0.333. The Kier molecular flexibility index (Phi) is 9.40. The number of methoxy groups -OCH3 is 1. The van der Waals surface area contributed by atoms with Crippen LogP contribution >= 0.6 is 0 Å². The minimum atomic E-state index is -0.793. The first-order chi connectivity index (χ1) is 19.3. The minimum Gasteiger partial charge on any atom is -0.493 e. The molecule has 4 rings (SSSR count). The standard InChI is InChI=1S/C27H31F2N7O4/c1-3-20(37)14-31-5-4-6-40-24-13-22-21(12-23(24)39-2)27(33-15-32-22)36(19-8-16(28)7-17(29)9-19)26-11-18(34-35-26)10-25(30)38/h7-9,11-13,15,20,31,37H,3-6,10,14H2,1-2H3,(H2,30,38)(H,34,35). The third kappa shape index (κ3) is 6.98. The van der Waals surface area contributed by atoms with E-state index < -0.39 is 17.5 Å². The topological polar surface area (TPSA) is 152 Å². The fourth-order valence-corrected chi connectivity index (χ4v) is 4.07. The molecular weight excluding hydrogens is 524 g/mol. The maximum absolute atomic E-state index is 14.3. The lowest BCUT2D eigenvalue weighted by Gasteiger charge is -2.23. The third-order valence-electron chi connectivity index (χ3n) is 6.03. The number of aliphatic hydroxyl groups excluding tert-OH is 1. The van der Waals surface area contributed by atoms with E-state index in [2.05, 4.69) is 25.5 Å². The van der Waals surface area contributed by atoms with Crippen molar-refractivity contribution in [3.05, 3.63) is 60.1 Å². The molecule has 0 aliphatic heterocycles. The zero-order valence-corrected chi connectivity index (χ0v) is 22.2. The first-order valence-corrected chi connectivity index (χ1v) is 12.7. The number of carbonyl (C=O) groups is 1. The average molecular weight is 556 g/mol. The maximum Gasteiger partial charge on any atom is 0.223 e. The van der Waals surface area contributed by atoms with Gasteiger partial charge in [-0.05, 0) is 37.6 Å². The first-order valence-electron chi connectivity index (χ1n) is 12.7. The highest BCUT2D eigenvalue weighted by Gasteiger charge is 2.23. The van der Waals surface area contributed by atoms with E-state index >= 15 is 0 Å². The van der Waals surface area contributed by atoms with E-state index in [4.69, 9.17) is 15.2 Å². The molecule has 13 heteroatoms. The molecule has 212 valence electrons. The van der Waals surface area contributed by atoms with Crippen molar-refractivity contribution >= 4 is 34.1 Å². The molecule has 0 saturated heterocycles. The lowest BCUT2D eigenvalue weighted by Crippen LogP contribution is -2.27. The van der Waals surface area contributed by atoms with Crippen LogP contribution in [0.4, 0.5) is 26.1 Å². The number of aliphatic hydroxyl groups is 1. The van der Waals surface area contributed by atoms with E-state index in [-0.39, 0.29) is 29.8 Å². The zero-order chi connectivity index (χ0) is 28.6. The van der Waals surface area contributed by atoms with Crippen molar-refractivity contribution in [2.45, 2.75) is 32.3 Å². The summed E-state index contributed by atoms with van der Waals surface area (Å²) in [5, 5.41) is 20.3. The lowest BCUT2D eigenvalue weighted by atomic mass is 10.1. The van der Waals surface area contributed by atoms with E-state index in [0.717, 1.165) is 18.2 Å². The molecule has 0 saturated carbocycles. The van der Waals surface area contributed by atoms with Gasteiger partial charge in [-0.25, -0.2) is 18.7 Å². The van der Waals surface area contributed by atoms with Crippen LogP contribution in [0.1, 0.15) is 25.5 Å². The number of benzene rings is 2. The van der Waals surface area contributed by atoms with Gasteiger partial charge in [0, 0.05) is 35.8 Å². The average Bonchev–Trinajstić information content (AvgIpc) is 3.36. The molecule has 0 aliphatic carbocycles. The number of H-pyrrole nitrogens is 1. The monoisotopic (exact) mass is 555 g/mol. The predicted octanol–water partition coefficient (Wildman–Crippen LogP) is 3.27. The number of carbonyl (C=O) groups excluding carboxylic acids is 1. The van der Waals surface area contributed by atoms with Crippen LogP contribution < -0.4 is 25.4 Å². The van der Waals surface area contributed by atoms with Crippen molar-refractivity contribution in [2.24, 2.45) is 5.73 Å². The molecule has 0 aliphatic rings. The Balaban J connectivity index is 1.69. The minimum absolute atomic E-state index is 0.105. The molecule has 2 aromatic carbocycles. The van der Waals surface area contributed by atoms with Crippen molar-refractivity contribution in [3.63, 3.8) is 0 Å². The quantitative estimate of drug-likeness (QED) is 0.172. The smallest absolute Gasteiger partial charge is 0.223 e. The molecule has 1 atom stereocenters. The van der Waals surface area contributed by atoms with Crippen LogP contribution in [-0.4, -0.2) is 64.1 Å². The number of halogens is 2. The molecule has 11 nitrogen and oxygen atoms in total. The van der Waals surface area contributed by atoms with E-state index in [9.17, 15) is 18.7 Å². The molecule has 5 N–H and O–H groups in total. The second-order valence-electron chi connectivity index (χ2n) is 9.04. The number of fused-ring (bicyclic) bond motifs is 1. The molecule has 2 aromatic heterocycles. The van der Waals surface area contributed by atoms with E-state index in [0.29, 0.717) is 60.6 Å². The van der Waals surface area contributed by atoms with Crippen molar-refractivity contribution in [3.8, 4) is 11.5 Å². The largest absolute Gasteiger partial charge is 0.493 e. The second kappa shape index (κ2) is 13.1. The van der Waals surface area contributed by atoms with Crippen LogP contribution in [0.25, 0.3) is 10.9 Å². The van der Waals surface area contributed by atoms with Crippen LogP contribution in [-0.2, 0) is 11.2 Å². The van der Waals surface area contributed by atoms with Gasteiger partial charge >= 0.3 is 0 Å². The lowest BCUT2D eigenvalue weighted by molar-refractivity contribution is -0.117. The Bertz CT molecular complexity index is 1450. The van der Waals surface area contributed by atoms with Crippen molar-refractivity contribution in [1.29, 1.82) is 0 Å². The summed E-state index contributed by atoms with van der Waals surface area (Å²) in [5.74, 6) is -0.814. The summed E-state index contributed by atoms with van der Waals surface area (Å²) < 4.78 is 40.1. The van der Waals surface area contributed by atoms with Gasteiger partial charge < -0.3 is 25.6 Å². The number of primary amides is 1. The number of ether oxygens (including phenoxy) is 2. The van der Waals surface area contributed by atoms with Gasteiger partial charge in [0.25, 0.3) is 0 Å². The molecular formula is C27H31F2N7O4. The maximum atomic E-state index is 14.3. The zero-order valence-electron chi connectivity index (χ0n) is 22.2. The summed E-state index contributed by atoms with van der Waals surface area (Å²) in [6.07, 6.45) is 2.21. The van der Waals surface area contributed by atoms with Crippen LogP contribution in [0.15, 0.2) is 42.7 Å². The molecule has 1 amide bonds. The van der Waals surface area contributed by atoms with Gasteiger partial charge in [0.1, 0.15) is 23.8 Å². The van der Waals surface area contributed by atoms with Gasteiger partial charge in [0.15, 0.2) is 17.3 Å². The third-order valence-corrected chi connectivity index (χ3v) is 6.03. The van der Waals surface area contributed by atoms with Gasteiger partial charge in [-0.3, -0.25) is 14.8 Å². The number of aromatic nitrogens is 4. The Morgan fingerprint density at radius 3 is 2.62 bits per heavy atom. The molecule has 0 bridgehead atoms. The Labute approximate surface area is 229 Å². The highest BCUT2D eigenvalue weighted by atomic mass is 19.1. The van der Waals surface area contributed by atoms with E-state index in [1.54, 1.807) is 18.2 Å². The van der Waals surface area contributed by atoms with Crippen LogP contribution in [0, 0.1) is 11.6 Å². The number of nitrogens with one attached hydrogen (secondary N) is 2. The summed E-state index contributed by atoms with van der Waals surface area (Å²) in [6, 6.07) is 7.96. The summed E-state index contributed by atoms with van der Waals surface area (Å²) in [4.78, 5) is 21.6. The molecule has 4 aromatic rings. The van der Waals surface area contributed by atoms with Crippen molar-refractivity contribution < 1.29 is 28.2 Å². The molecule has 40 heavy (non-hydrogen) atoms. The number of nitrogens with two attached hydrogens (primary N) is 1. The molecule has 0 spiro atoms. The van der Waals surface area contributed by atoms with Crippen LogP contribution in [0.2, 0.25) is 0 Å². The first kappa shape index (κ1) is 28.6. The van der Waals surface area contributed by atoms with Crippen LogP contribution in [0.3, 0.4) is 0 Å². The van der Waals surface area contributed by atoms with Gasteiger partial charge in [-0.15, -0.1) is 0 Å². The summed E-state index contributed by atoms with van der Waals surface area (Å²) in [6.45, 7) is 3.49. The van der Waals surface area contributed by atoms with Gasteiger partial charge in [-0.2, -0.15) is 5.10 Å². The number of aromatic amines is 1. The molecule has 1 unspecified atom stereocenters. The number of rotatable bonds is 14. The van der Waals surface area contributed by atoms with E-state index in [1.807, 2.05) is 6.92 Å². The number of anilines is 3. The molecule has 2 heterocycles. The number of amides is 1. The van der Waals surface area contributed by atoms with Crippen molar-refractivity contribution in [1.82, 2.24) is 25.5 Å². The summed E-state index contributed by atoms with van der Waals surface area (Å²) >= 11 is 0. The Morgan fingerprint density at radius 1 is 1.15 bits per heavy atom. The van der Waals surface area contributed by atoms with E-state index in [1.165, 1.54) is 18.3 Å². The highest BCUT2D eigenvalue weighted by molar-refractivity contribution is 5.96. The van der Waals surface area contributed by atoms with Crippen LogP contribution in [0.5, 0.6) is 11.5 Å². The Hall–Kier alpha value is -4.36. The molecule has 0 fully saturated rings. The van der Waals surface area contributed by atoms with Gasteiger partial charge in [0.05, 0.1) is 37.4 Å². The summed E-state index contributed by atoms with van der Waals surface area (Å²) in [5.41, 5.74) is 6.31. The van der Waals surface area contributed by atoms with Gasteiger partial charge in [0.2, 0.25) is 5.91 Å². The fourth-order valence-electron chi connectivity index (χ4n) is 4.07. The number of hydrogen-bond acceptors (Lipinski definition) is 9. The normalized spacial score (nSPS) is 11.9. The second-order valence-corrected chi connectivity index (χ2v) is 9.04. The van der Waals surface area contributed by atoms with Gasteiger partial charge in [-0.1, -0.05) is 6.92 Å². The number of nitrogens with zero attached hydrogens (tertiary/aromatic N) is 4. The summed E-state index contributed by atoms with van der Waals surface area (Å²) in [7, 11) is 1.49. The SMILES string of the molecule is CCC(O)CNCCCOc1cc2ncnc(N(c3cc(F)cc(F)c3)c3cc(CC(N)=O)[nH]n3)c2cc1OC. The molecule has 0 radical (unpaired) electrons. The predicted molar refractivity (Wildman–Crippen MR) is 145 cm³/mol. The van der Waals surface area contributed by atoms with Crippen molar-refractivity contribution in [2.75, 3.05) is 31.7 Å². The number of hydrogen-bond donors (Lipinski definition) is 4. The Morgan fingerprint density at radius 2 is 1.93 bits per heavy atom.